The molecule has 2 aliphatic rings. The van der Waals surface area contributed by atoms with E-state index >= 15 is 0 Å². The molecule has 0 aromatic heterocycles. The third-order valence-corrected chi connectivity index (χ3v) is 2.26. The Bertz CT molecular complexity index is 593. The zero-order chi connectivity index (χ0) is 16.3. The molecule has 0 saturated carbocycles. The number of hydroxylamine groups is 4. The summed E-state index contributed by atoms with van der Waals surface area (Å²) in [6, 6.07) is 0. The van der Waals surface area contributed by atoms with Crippen molar-refractivity contribution in [3.05, 3.63) is 36.5 Å². The molecule has 10 heteroatoms. The topological polar surface area (TPSA) is 127 Å². The predicted molar refractivity (Wildman–Crippen MR) is 63.3 cm³/mol. The number of carbonyl (C=O) groups excluding carboxylic acids is 6. The van der Waals surface area contributed by atoms with Crippen LogP contribution in [0.5, 0.6) is 0 Å². The van der Waals surface area contributed by atoms with Gasteiger partial charge in [-0.3, -0.25) is 19.2 Å². The molecule has 0 aliphatic carbocycles. The molecule has 0 spiro atoms. The van der Waals surface area contributed by atoms with Crippen LogP contribution in [0.25, 0.3) is 0 Å². The van der Waals surface area contributed by atoms with Gasteiger partial charge in [0.1, 0.15) is 0 Å². The standard InChI is InChI=1S/C12H6N2O8/c15-7-1-2-8(16)13(7)21-11(19)5-6-12(20)22-14-9(17)3-4-10(14)18/h1-6H. The molecule has 0 aromatic rings. The molecule has 2 rings (SSSR count). The first kappa shape index (κ1) is 14.8. The Balaban J connectivity index is 1.86. The van der Waals surface area contributed by atoms with Gasteiger partial charge in [-0.25, -0.2) is 9.59 Å². The van der Waals surface area contributed by atoms with Gasteiger partial charge in [-0.05, 0) is 0 Å². The van der Waals surface area contributed by atoms with E-state index in [-0.39, 0.29) is 10.1 Å². The second-order valence-electron chi connectivity index (χ2n) is 3.76. The zero-order valence-electron chi connectivity index (χ0n) is 10.6. The summed E-state index contributed by atoms with van der Waals surface area (Å²) in [4.78, 5) is 75.8. The molecule has 0 atom stereocenters. The van der Waals surface area contributed by atoms with Crippen molar-refractivity contribution in [2.45, 2.75) is 0 Å². The Hall–Kier alpha value is -3.56. The monoisotopic (exact) mass is 306 g/mol. The molecule has 0 radical (unpaired) electrons. The second-order valence-corrected chi connectivity index (χ2v) is 3.76. The van der Waals surface area contributed by atoms with Crippen LogP contribution in [0, 0.1) is 0 Å². The summed E-state index contributed by atoms with van der Waals surface area (Å²) >= 11 is 0. The Labute approximate surface area is 121 Å². The van der Waals surface area contributed by atoms with E-state index in [1.54, 1.807) is 0 Å². The number of rotatable bonds is 4. The lowest BCUT2D eigenvalue weighted by Gasteiger charge is -2.11. The highest BCUT2D eigenvalue weighted by Crippen LogP contribution is 2.06. The molecule has 22 heavy (non-hydrogen) atoms. The van der Waals surface area contributed by atoms with E-state index in [0.717, 1.165) is 24.3 Å². The number of carbonyl (C=O) groups is 6. The largest absolute Gasteiger partial charge is 0.357 e. The van der Waals surface area contributed by atoms with Gasteiger partial charge in [0.15, 0.2) is 0 Å². The fourth-order valence-electron chi connectivity index (χ4n) is 1.33. The summed E-state index contributed by atoms with van der Waals surface area (Å²) in [5.74, 6) is -5.83. The van der Waals surface area contributed by atoms with Gasteiger partial charge in [0.2, 0.25) is 0 Å². The molecule has 112 valence electrons. The lowest BCUT2D eigenvalue weighted by atomic mass is 10.5. The van der Waals surface area contributed by atoms with Crippen molar-refractivity contribution < 1.29 is 38.4 Å². The van der Waals surface area contributed by atoms with Crippen molar-refractivity contribution in [2.75, 3.05) is 0 Å². The molecule has 0 bridgehead atoms. The van der Waals surface area contributed by atoms with E-state index in [9.17, 15) is 28.8 Å². The van der Waals surface area contributed by atoms with E-state index in [1.165, 1.54) is 0 Å². The van der Waals surface area contributed by atoms with Crippen molar-refractivity contribution in [2.24, 2.45) is 0 Å². The average molecular weight is 306 g/mol. The SMILES string of the molecule is O=C(C=CC(=O)ON1C(=O)C=CC1=O)ON1C(=O)C=CC1=O. The third kappa shape index (κ3) is 3.12. The van der Waals surface area contributed by atoms with Crippen LogP contribution in [0.3, 0.4) is 0 Å². The van der Waals surface area contributed by atoms with Crippen molar-refractivity contribution in [3.8, 4) is 0 Å². The van der Waals surface area contributed by atoms with Gasteiger partial charge in [0, 0.05) is 36.5 Å². The summed E-state index contributed by atoms with van der Waals surface area (Å²) in [5, 5.41) is 0.380. The number of nitrogens with zero attached hydrogens (tertiary/aromatic N) is 2. The van der Waals surface area contributed by atoms with E-state index < -0.39 is 35.6 Å². The molecule has 10 nitrogen and oxygen atoms in total. The van der Waals surface area contributed by atoms with Crippen molar-refractivity contribution in [3.63, 3.8) is 0 Å². The smallest absolute Gasteiger partial charge is 0.325 e. The van der Waals surface area contributed by atoms with Gasteiger partial charge < -0.3 is 9.68 Å². The fraction of sp³-hybridized carbons (Fsp3) is 0. The zero-order valence-corrected chi connectivity index (χ0v) is 10.6. The molecule has 2 aliphatic heterocycles. The Morgan fingerprint density at radius 3 is 1.23 bits per heavy atom. The highest BCUT2D eigenvalue weighted by Gasteiger charge is 2.28. The molecule has 0 unspecified atom stereocenters. The van der Waals surface area contributed by atoms with Crippen LogP contribution in [0.4, 0.5) is 0 Å². The van der Waals surface area contributed by atoms with Crippen molar-refractivity contribution >= 4 is 35.6 Å². The van der Waals surface area contributed by atoms with E-state index in [1.807, 2.05) is 0 Å². The van der Waals surface area contributed by atoms with Crippen LogP contribution in [0.15, 0.2) is 36.5 Å². The Morgan fingerprint density at radius 2 is 0.955 bits per heavy atom. The molecule has 0 N–H and O–H groups in total. The van der Waals surface area contributed by atoms with Crippen LogP contribution in [0.1, 0.15) is 0 Å². The molecular formula is C12H6N2O8. The number of imide groups is 2. The molecule has 0 fully saturated rings. The first-order valence-corrected chi connectivity index (χ1v) is 5.62. The van der Waals surface area contributed by atoms with E-state index in [4.69, 9.17) is 0 Å². The number of amides is 4. The summed E-state index contributed by atoms with van der Waals surface area (Å²) in [6.45, 7) is 0. The minimum atomic E-state index is -1.21. The van der Waals surface area contributed by atoms with Gasteiger partial charge in [0.25, 0.3) is 23.6 Å². The van der Waals surface area contributed by atoms with Gasteiger partial charge in [-0.15, -0.1) is 0 Å². The normalized spacial score (nSPS) is 17.1. The highest BCUT2D eigenvalue weighted by atomic mass is 16.7. The average Bonchev–Trinajstić information content (AvgIpc) is 2.95. The van der Waals surface area contributed by atoms with E-state index in [0.29, 0.717) is 12.2 Å². The third-order valence-electron chi connectivity index (χ3n) is 2.26. The van der Waals surface area contributed by atoms with Crippen molar-refractivity contribution in [1.29, 1.82) is 0 Å². The lowest BCUT2D eigenvalue weighted by molar-refractivity contribution is -0.193. The maximum absolute atomic E-state index is 11.3. The highest BCUT2D eigenvalue weighted by molar-refractivity contribution is 6.13. The lowest BCUT2D eigenvalue weighted by Crippen LogP contribution is -2.33. The van der Waals surface area contributed by atoms with Crippen molar-refractivity contribution in [1.82, 2.24) is 10.1 Å². The Morgan fingerprint density at radius 1 is 0.682 bits per heavy atom. The van der Waals surface area contributed by atoms with Crippen LogP contribution >= 0.6 is 0 Å². The van der Waals surface area contributed by atoms with Crippen LogP contribution in [-0.2, 0) is 38.4 Å². The minimum absolute atomic E-state index is 0.190. The molecule has 4 amide bonds. The van der Waals surface area contributed by atoms with Gasteiger partial charge in [-0.2, -0.15) is 0 Å². The molecule has 0 aromatic carbocycles. The maximum atomic E-state index is 11.3. The van der Waals surface area contributed by atoms with Crippen LogP contribution in [-0.4, -0.2) is 45.7 Å². The van der Waals surface area contributed by atoms with Gasteiger partial charge >= 0.3 is 11.9 Å². The number of hydrogen-bond acceptors (Lipinski definition) is 8. The number of hydrogen-bond donors (Lipinski definition) is 0. The summed E-state index contributed by atoms with van der Waals surface area (Å²) in [6.07, 6.45) is 4.69. The molecule has 0 saturated heterocycles. The fourth-order valence-corrected chi connectivity index (χ4v) is 1.33. The predicted octanol–water partition coefficient (Wildman–Crippen LogP) is -1.69. The molecular weight excluding hydrogens is 300 g/mol. The minimum Gasteiger partial charge on any atom is -0.325 e. The Kier molecular flexibility index (Phi) is 3.93. The van der Waals surface area contributed by atoms with E-state index in [2.05, 4.69) is 9.68 Å². The first-order chi connectivity index (χ1) is 10.4. The summed E-state index contributed by atoms with van der Waals surface area (Å²) in [7, 11) is 0. The molecule has 2 heterocycles. The maximum Gasteiger partial charge on any atom is 0.357 e. The second kappa shape index (κ2) is 5.83. The first-order valence-electron chi connectivity index (χ1n) is 5.62. The summed E-state index contributed by atoms with van der Waals surface area (Å²) in [5.41, 5.74) is 0. The van der Waals surface area contributed by atoms with Gasteiger partial charge in [0.05, 0.1) is 0 Å². The van der Waals surface area contributed by atoms with Crippen LogP contribution in [0.2, 0.25) is 0 Å². The quantitative estimate of drug-likeness (QED) is 0.444. The van der Waals surface area contributed by atoms with Crippen LogP contribution < -0.4 is 0 Å². The summed E-state index contributed by atoms with van der Waals surface area (Å²) < 4.78 is 0. The van der Waals surface area contributed by atoms with Gasteiger partial charge in [-0.1, -0.05) is 10.1 Å².